The number of nitrogens with zero attached hydrogens (tertiary/aromatic N) is 5. The molecule has 7 nitrogen and oxygen atoms in total. The number of para-hydroxylation sites is 1. The van der Waals surface area contributed by atoms with Gasteiger partial charge in [0.1, 0.15) is 5.69 Å². The van der Waals surface area contributed by atoms with Crippen molar-refractivity contribution in [3.8, 4) is 5.69 Å². The van der Waals surface area contributed by atoms with E-state index >= 15 is 0 Å². The fraction of sp³-hybridized carbons (Fsp3) is 0.136. The molecule has 2 aromatic carbocycles. The third-order valence-corrected chi connectivity index (χ3v) is 4.93. The van der Waals surface area contributed by atoms with Gasteiger partial charge in [0.05, 0.1) is 28.7 Å². The average Bonchev–Trinajstić information content (AvgIpc) is 3.18. The van der Waals surface area contributed by atoms with E-state index in [0.717, 1.165) is 10.7 Å². The summed E-state index contributed by atoms with van der Waals surface area (Å²) in [5.41, 5.74) is -1.54. The highest BCUT2D eigenvalue weighted by Crippen LogP contribution is 2.38. The van der Waals surface area contributed by atoms with Crippen molar-refractivity contribution < 1.29 is 31.1 Å². The highest BCUT2D eigenvalue weighted by Gasteiger charge is 2.38. The quantitative estimate of drug-likeness (QED) is 0.249. The van der Waals surface area contributed by atoms with Crippen molar-refractivity contribution in [1.82, 2.24) is 25.4 Å². The zero-order valence-electron chi connectivity index (χ0n) is 17.7. The van der Waals surface area contributed by atoms with Crippen LogP contribution in [0.5, 0.6) is 0 Å². The van der Waals surface area contributed by atoms with E-state index in [4.69, 9.17) is 0 Å². The van der Waals surface area contributed by atoms with E-state index in [1.165, 1.54) is 19.2 Å². The minimum atomic E-state index is -5.04. The van der Waals surface area contributed by atoms with Gasteiger partial charge in [0.25, 0.3) is 5.91 Å². The molecule has 4 aromatic rings. The summed E-state index contributed by atoms with van der Waals surface area (Å²) >= 11 is 0. The molecule has 0 unspecified atom stereocenters. The van der Waals surface area contributed by atoms with Gasteiger partial charge in [-0.25, -0.2) is 15.1 Å². The Morgan fingerprint density at radius 2 is 1.71 bits per heavy atom. The second kappa shape index (κ2) is 8.81. The molecule has 1 amide bonds. The number of pyridine rings is 1. The Morgan fingerprint density at radius 3 is 2.37 bits per heavy atom. The summed E-state index contributed by atoms with van der Waals surface area (Å²) in [6.07, 6.45) is -8.63. The van der Waals surface area contributed by atoms with Crippen LogP contribution in [0.4, 0.5) is 26.3 Å². The highest BCUT2D eigenvalue weighted by atomic mass is 19.4. The van der Waals surface area contributed by atoms with Crippen LogP contribution in [0.2, 0.25) is 0 Å². The van der Waals surface area contributed by atoms with E-state index in [1.54, 1.807) is 30.3 Å². The third-order valence-electron chi connectivity index (χ3n) is 4.93. The first-order valence-electron chi connectivity index (χ1n) is 9.86. The highest BCUT2D eigenvalue weighted by molar-refractivity contribution is 5.95. The van der Waals surface area contributed by atoms with Gasteiger partial charge in [0.15, 0.2) is 5.69 Å². The molecule has 180 valence electrons. The normalized spacial score (nSPS) is 12.4. The van der Waals surface area contributed by atoms with E-state index in [0.29, 0.717) is 17.7 Å². The molecule has 0 spiro atoms. The Bertz CT molecular complexity index is 1430. The Balaban J connectivity index is 1.78. The van der Waals surface area contributed by atoms with Crippen LogP contribution in [0, 0.1) is 6.92 Å². The number of hydrogen-bond donors (Lipinski definition) is 1. The van der Waals surface area contributed by atoms with Gasteiger partial charge in [-0.1, -0.05) is 47.7 Å². The number of hydrogen-bond acceptors (Lipinski definition) is 5. The molecule has 0 saturated carbocycles. The van der Waals surface area contributed by atoms with E-state index in [-0.39, 0.29) is 22.5 Å². The molecule has 4 rings (SSSR count). The SMILES string of the molecule is Cc1c(C(=O)N/N=C/c2ccccc2)nnn1-c1cc(C(F)(F)F)nc2c(C(F)(F)F)cccc12. The summed E-state index contributed by atoms with van der Waals surface area (Å²) < 4.78 is 81.8. The summed E-state index contributed by atoms with van der Waals surface area (Å²) in [5, 5.41) is 10.9. The number of aromatic nitrogens is 4. The van der Waals surface area contributed by atoms with Crippen molar-refractivity contribution in [3.05, 3.63) is 82.8 Å². The number of hydrazone groups is 1. The van der Waals surface area contributed by atoms with Crippen LogP contribution in [0.25, 0.3) is 16.6 Å². The summed E-state index contributed by atoms with van der Waals surface area (Å²) in [6.45, 7) is 1.34. The molecule has 0 radical (unpaired) electrons. The van der Waals surface area contributed by atoms with E-state index < -0.39 is 35.0 Å². The summed E-state index contributed by atoms with van der Waals surface area (Å²) in [5.74, 6) is -0.814. The Morgan fingerprint density at radius 1 is 1.00 bits per heavy atom. The lowest BCUT2D eigenvalue weighted by atomic mass is 10.1. The number of nitrogens with one attached hydrogen (secondary N) is 1. The molecular weight excluding hydrogens is 478 g/mol. The maximum atomic E-state index is 13.5. The van der Waals surface area contributed by atoms with Crippen LogP contribution in [0.15, 0.2) is 59.7 Å². The van der Waals surface area contributed by atoms with Crippen molar-refractivity contribution in [3.63, 3.8) is 0 Å². The molecule has 2 aromatic heterocycles. The van der Waals surface area contributed by atoms with E-state index in [1.807, 2.05) is 0 Å². The van der Waals surface area contributed by atoms with Crippen molar-refractivity contribution >= 4 is 23.0 Å². The number of carbonyl (C=O) groups excluding carboxylic acids is 1. The van der Waals surface area contributed by atoms with Crippen LogP contribution >= 0.6 is 0 Å². The number of fused-ring (bicyclic) bond motifs is 1. The van der Waals surface area contributed by atoms with Crippen LogP contribution in [-0.4, -0.2) is 32.1 Å². The molecule has 0 aliphatic rings. The standard InChI is InChI=1S/C22H14F6N6O/c1-12-18(20(35)32-29-11-13-6-3-2-4-7-13)31-33-34(12)16-10-17(22(26,27)28)30-19-14(16)8-5-9-15(19)21(23,24)25/h2-11H,1H3,(H,32,35)/b29-11+. The number of amides is 1. The van der Waals surface area contributed by atoms with Crippen molar-refractivity contribution in [1.29, 1.82) is 0 Å². The molecule has 0 aliphatic carbocycles. The largest absolute Gasteiger partial charge is 0.433 e. The Labute approximate surface area is 193 Å². The number of benzene rings is 2. The van der Waals surface area contributed by atoms with Gasteiger partial charge >= 0.3 is 12.4 Å². The van der Waals surface area contributed by atoms with Gasteiger partial charge in [-0.05, 0) is 24.6 Å². The Hall–Kier alpha value is -4.29. The lowest BCUT2D eigenvalue weighted by molar-refractivity contribution is -0.142. The molecule has 0 aliphatic heterocycles. The van der Waals surface area contributed by atoms with Gasteiger partial charge in [-0.15, -0.1) is 5.10 Å². The average molecular weight is 492 g/mol. The molecule has 1 N–H and O–H groups in total. The monoisotopic (exact) mass is 492 g/mol. The lowest BCUT2D eigenvalue weighted by Gasteiger charge is -2.15. The van der Waals surface area contributed by atoms with Crippen molar-refractivity contribution in [2.45, 2.75) is 19.3 Å². The first-order chi connectivity index (χ1) is 16.5. The second-order valence-electron chi connectivity index (χ2n) is 7.27. The number of alkyl halides is 6. The van der Waals surface area contributed by atoms with Crippen molar-refractivity contribution in [2.75, 3.05) is 0 Å². The molecular formula is C22H14F6N6O. The number of halogens is 6. The molecule has 0 bridgehead atoms. The zero-order valence-corrected chi connectivity index (χ0v) is 17.7. The van der Waals surface area contributed by atoms with Crippen LogP contribution in [0.1, 0.15) is 33.0 Å². The number of rotatable bonds is 4. The van der Waals surface area contributed by atoms with Gasteiger partial charge in [0.2, 0.25) is 0 Å². The van der Waals surface area contributed by atoms with Gasteiger partial charge in [-0.2, -0.15) is 31.4 Å². The summed E-state index contributed by atoms with van der Waals surface area (Å²) in [4.78, 5) is 15.7. The van der Waals surface area contributed by atoms with Crippen LogP contribution < -0.4 is 5.43 Å². The lowest BCUT2D eigenvalue weighted by Crippen LogP contribution is -2.19. The first-order valence-corrected chi connectivity index (χ1v) is 9.86. The fourth-order valence-corrected chi connectivity index (χ4v) is 3.31. The predicted octanol–water partition coefficient (Wildman–Crippen LogP) is 4.93. The van der Waals surface area contributed by atoms with Gasteiger partial charge < -0.3 is 0 Å². The minimum Gasteiger partial charge on any atom is -0.265 e. The predicted molar refractivity (Wildman–Crippen MR) is 113 cm³/mol. The summed E-state index contributed by atoms with van der Waals surface area (Å²) in [7, 11) is 0. The van der Waals surface area contributed by atoms with E-state index in [2.05, 4.69) is 25.8 Å². The topological polar surface area (TPSA) is 85.1 Å². The molecule has 2 heterocycles. The smallest absolute Gasteiger partial charge is 0.265 e. The molecule has 0 atom stereocenters. The van der Waals surface area contributed by atoms with Gasteiger partial charge in [0, 0.05) is 5.39 Å². The maximum absolute atomic E-state index is 13.5. The Kier molecular flexibility index (Phi) is 6.01. The van der Waals surface area contributed by atoms with E-state index in [9.17, 15) is 31.1 Å². The maximum Gasteiger partial charge on any atom is 0.433 e. The third kappa shape index (κ3) is 4.83. The first kappa shape index (κ1) is 23.9. The van der Waals surface area contributed by atoms with Crippen molar-refractivity contribution in [2.24, 2.45) is 5.10 Å². The van der Waals surface area contributed by atoms with Crippen LogP contribution in [0.3, 0.4) is 0 Å². The minimum absolute atomic E-state index is 0.0181. The fourth-order valence-electron chi connectivity index (χ4n) is 3.31. The van der Waals surface area contributed by atoms with Crippen LogP contribution in [-0.2, 0) is 12.4 Å². The number of carbonyl (C=O) groups is 1. The molecule has 13 heteroatoms. The zero-order chi connectivity index (χ0) is 25.4. The second-order valence-corrected chi connectivity index (χ2v) is 7.27. The van der Waals surface area contributed by atoms with Gasteiger partial charge in [-0.3, -0.25) is 4.79 Å². The summed E-state index contributed by atoms with van der Waals surface area (Å²) in [6, 6.07) is 12.2. The molecule has 0 saturated heterocycles. The molecule has 0 fully saturated rings. The molecule has 35 heavy (non-hydrogen) atoms.